The van der Waals surface area contributed by atoms with E-state index in [0.29, 0.717) is 0 Å². The topological polar surface area (TPSA) is 16.4 Å². The first kappa shape index (κ1) is 29.1. The Balaban J connectivity index is 1.23. The van der Waals surface area contributed by atoms with Crippen molar-refractivity contribution in [3.05, 3.63) is 174 Å². The van der Waals surface area contributed by atoms with Crippen molar-refractivity contribution in [3.8, 4) is 33.4 Å². The van der Waals surface area contributed by atoms with Gasteiger partial charge in [0.05, 0.1) is 5.69 Å². The molecule has 0 radical (unpaired) electrons. The molecule has 0 amide bonds. The summed E-state index contributed by atoms with van der Waals surface area (Å²) in [6.45, 7) is 9.41. The van der Waals surface area contributed by atoms with Crippen molar-refractivity contribution in [2.75, 3.05) is 4.90 Å². The van der Waals surface area contributed by atoms with E-state index in [2.05, 4.69) is 178 Å². The summed E-state index contributed by atoms with van der Waals surface area (Å²) >= 11 is 0. The van der Waals surface area contributed by atoms with Crippen molar-refractivity contribution in [2.45, 2.75) is 38.5 Å². The molecule has 2 heteroatoms. The van der Waals surface area contributed by atoms with Crippen LogP contribution in [0.15, 0.2) is 156 Å². The van der Waals surface area contributed by atoms with Gasteiger partial charge in [-0.2, -0.15) is 0 Å². The molecule has 1 heterocycles. The lowest BCUT2D eigenvalue weighted by atomic mass is 9.82. The minimum Gasteiger partial charge on any atom is -0.455 e. The number of hydrogen-bond acceptors (Lipinski definition) is 2. The van der Waals surface area contributed by atoms with Gasteiger partial charge in [0.1, 0.15) is 11.2 Å². The molecule has 1 aromatic heterocycles. The molecule has 10 rings (SSSR count). The molecule has 0 saturated heterocycles. The fraction of sp³-hybridized carbons (Fsp3) is 0.125. The molecule has 240 valence electrons. The molecule has 0 spiro atoms. The second-order valence-electron chi connectivity index (χ2n) is 14.9. The zero-order valence-electron chi connectivity index (χ0n) is 28.8. The molecule has 2 nitrogen and oxygen atoms in total. The Hall–Kier alpha value is -5.86. The Bertz CT molecular complexity index is 2670. The molecule has 0 aliphatic heterocycles. The molecule has 0 saturated carbocycles. The molecule has 50 heavy (non-hydrogen) atoms. The second-order valence-corrected chi connectivity index (χ2v) is 14.9. The Kier molecular flexibility index (Phi) is 6.01. The highest BCUT2D eigenvalue weighted by Gasteiger charge is 2.39. The molecule has 0 atom stereocenters. The number of fused-ring (bicyclic) bond motifs is 9. The molecular formula is C48H37NO. The van der Waals surface area contributed by atoms with Gasteiger partial charge < -0.3 is 9.32 Å². The maximum Gasteiger partial charge on any atom is 0.143 e. The maximum atomic E-state index is 6.52. The van der Waals surface area contributed by atoms with Crippen LogP contribution < -0.4 is 4.90 Å². The maximum absolute atomic E-state index is 6.52. The summed E-state index contributed by atoms with van der Waals surface area (Å²) < 4.78 is 6.52. The van der Waals surface area contributed by atoms with Gasteiger partial charge in [-0.15, -0.1) is 0 Å². The normalized spacial score (nSPS) is 14.7. The predicted octanol–water partition coefficient (Wildman–Crippen LogP) is 13.3. The van der Waals surface area contributed by atoms with E-state index in [1.807, 2.05) is 6.07 Å². The van der Waals surface area contributed by atoms with Gasteiger partial charge in [0.25, 0.3) is 0 Å². The number of nitrogens with zero attached hydrogens (tertiary/aromatic N) is 1. The average Bonchev–Trinajstić information content (AvgIpc) is 3.72. The summed E-state index contributed by atoms with van der Waals surface area (Å²) in [7, 11) is 0. The minimum absolute atomic E-state index is 0.0581. The lowest BCUT2D eigenvalue weighted by Gasteiger charge is -2.30. The van der Waals surface area contributed by atoms with Crippen molar-refractivity contribution in [2.24, 2.45) is 0 Å². The molecule has 0 bridgehead atoms. The van der Waals surface area contributed by atoms with Gasteiger partial charge >= 0.3 is 0 Å². The molecule has 2 aliphatic rings. The molecule has 7 aromatic carbocycles. The van der Waals surface area contributed by atoms with Crippen molar-refractivity contribution >= 4 is 39.0 Å². The summed E-state index contributed by atoms with van der Waals surface area (Å²) in [5.41, 5.74) is 18.1. The molecule has 0 N–H and O–H groups in total. The van der Waals surface area contributed by atoms with Crippen LogP contribution in [0, 0.1) is 0 Å². The zero-order valence-corrected chi connectivity index (χ0v) is 28.8. The van der Waals surface area contributed by atoms with E-state index < -0.39 is 0 Å². The van der Waals surface area contributed by atoms with Crippen molar-refractivity contribution in [1.82, 2.24) is 0 Å². The van der Waals surface area contributed by atoms with Gasteiger partial charge in [-0.3, -0.25) is 0 Å². The fourth-order valence-electron chi connectivity index (χ4n) is 8.98. The van der Waals surface area contributed by atoms with Crippen LogP contribution in [0.4, 0.5) is 17.1 Å². The standard InChI is InChI=1S/C48H37NO/c1-47(2)39-21-8-5-16-34(39)38-29-32(26-27-41(38)47)49(43-24-13-23-42-45(43)37-18-6-9-22-40(37)48(42,3)4)31-15-11-14-30(28-31)33-19-12-20-36-35-17-7-10-25-44(35)50-46(33)36/h5-29H,1-4H3. The minimum atomic E-state index is -0.104. The first-order chi connectivity index (χ1) is 24.3. The summed E-state index contributed by atoms with van der Waals surface area (Å²) in [5.74, 6) is 0. The van der Waals surface area contributed by atoms with E-state index in [4.69, 9.17) is 4.42 Å². The Morgan fingerprint density at radius 1 is 0.440 bits per heavy atom. The highest BCUT2D eigenvalue weighted by molar-refractivity contribution is 6.09. The number of hydrogen-bond donors (Lipinski definition) is 0. The summed E-state index contributed by atoms with van der Waals surface area (Å²) in [6.07, 6.45) is 0. The third kappa shape index (κ3) is 3.96. The quantitative estimate of drug-likeness (QED) is 0.190. The summed E-state index contributed by atoms with van der Waals surface area (Å²) in [4.78, 5) is 2.48. The van der Waals surface area contributed by atoms with Crippen LogP contribution >= 0.6 is 0 Å². The van der Waals surface area contributed by atoms with Crippen LogP contribution in [-0.2, 0) is 10.8 Å². The third-order valence-electron chi connectivity index (χ3n) is 11.5. The van der Waals surface area contributed by atoms with Crippen LogP contribution in [0.25, 0.3) is 55.3 Å². The van der Waals surface area contributed by atoms with E-state index in [-0.39, 0.29) is 10.8 Å². The monoisotopic (exact) mass is 643 g/mol. The lowest BCUT2D eigenvalue weighted by molar-refractivity contribution is 0.660. The second kappa shape index (κ2) is 10.3. The Morgan fingerprint density at radius 2 is 1.04 bits per heavy atom. The SMILES string of the molecule is CC1(C)c2ccccc2-c2cc(N(c3cccc(-c4cccc5c4oc4ccccc45)c3)c3cccc4c3-c3ccccc3C4(C)C)ccc21. The number of rotatable bonds is 4. The molecule has 2 aliphatic carbocycles. The van der Waals surface area contributed by atoms with E-state index in [1.165, 1.54) is 50.2 Å². The molecule has 0 unspecified atom stereocenters. The number of benzene rings is 7. The first-order valence-corrected chi connectivity index (χ1v) is 17.6. The van der Waals surface area contributed by atoms with Gasteiger partial charge in [0, 0.05) is 44.1 Å². The van der Waals surface area contributed by atoms with Crippen LogP contribution in [-0.4, -0.2) is 0 Å². The predicted molar refractivity (Wildman–Crippen MR) is 209 cm³/mol. The van der Waals surface area contributed by atoms with Gasteiger partial charge in [0.15, 0.2) is 0 Å². The number of anilines is 3. The van der Waals surface area contributed by atoms with Gasteiger partial charge in [-0.1, -0.05) is 143 Å². The smallest absolute Gasteiger partial charge is 0.143 e. The van der Waals surface area contributed by atoms with Crippen molar-refractivity contribution < 1.29 is 4.42 Å². The highest BCUT2D eigenvalue weighted by Crippen LogP contribution is 2.56. The van der Waals surface area contributed by atoms with E-state index in [1.54, 1.807) is 0 Å². The fourth-order valence-corrected chi connectivity index (χ4v) is 8.98. The van der Waals surface area contributed by atoms with Crippen LogP contribution in [0.1, 0.15) is 49.9 Å². The van der Waals surface area contributed by atoms with Gasteiger partial charge in [0.2, 0.25) is 0 Å². The summed E-state index contributed by atoms with van der Waals surface area (Å²) in [5, 5.41) is 2.28. The highest BCUT2D eigenvalue weighted by atomic mass is 16.3. The number of furan rings is 1. The zero-order chi connectivity index (χ0) is 33.8. The van der Waals surface area contributed by atoms with Gasteiger partial charge in [-0.05, 0) is 80.9 Å². The Labute approximate surface area is 293 Å². The average molecular weight is 644 g/mol. The third-order valence-corrected chi connectivity index (χ3v) is 11.5. The lowest BCUT2D eigenvalue weighted by Crippen LogP contribution is -2.16. The van der Waals surface area contributed by atoms with Crippen LogP contribution in [0.5, 0.6) is 0 Å². The first-order valence-electron chi connectivity index (χ1n) is 17.6. The number of para-hydroxylation sites is 2. The van der Waals surface area contributed by atoms with Crippen molar-refractivity contribution in [1.29, 1.82) is 0 Å². The molecular weight excluding hydrogens is 607 g/mol. The van der Waals surface area contributed by atoms with E-state index in [9.17, 15) is 0 Å². The van der Waals surface area contributed by atoms with E-state index in [0.717, 1.165) is 44.4 Å². The molecule has 8 aromatic rings. The van der Waals surface area contributed by atoms with Crippen LogP contribution in [0.3, 0.4) is 0 Å². The Morgan fingerprint density at radius 3 is 1.90 bits per heavy atom. The van der Waals surface area contributed by atoms with Crippen LogP contribution in [0.2, 0.25) is 0 Å². The molecule has 0 fully saturated rings. The van der Waals surface area contributed by atoms with Gasteiger partial charge in [-0.25, -0.2) is 0 Å². The summed E-state index contributed by atoms with van der Waals surface area (Å²) in [6, 6.07) is 55.6. The van der Waals surface area contributed by atoms with E-state index >= 15 is 0 Å². The van der Waals surface area contributed by atoms with Crippen molar-refractivity contribution in [3.63, 3.8) is 0 Å². The largest absolute Gasteiger partial charge is 0.455 e.